The predicted octanol–water partition coefficient (Wildman–Crippen LogP) is 30.7. The molecular weight excluding hydrogens is 1550 g/mol. The van der Waals surface area contributed by atoms with Gasteiger partial charge in [-0.3, -0.25) is 0 Å². The number of para-hydroxylation sites is 6. The highest BCUT2D eigenvalue weighted by Gasteiger charge is 2.50. The van der Waals surface area contributed by atoms with Crippen molar-refractivity contribution < 1.29 is 0 Å². The van der Waals surface area contributed by atoms with E-state index in [9.17, 15) is 0 Å². The van der Waals surface area contributed by atoms with Gasteiger partial charge in [-0.25, -0.2) is 0 Å². The molecule has 18 aromatic rings. The summed E-state index contributed by atoms with van der Waals surface area (Å²) in [6.07, 6.45) is 0. The Morgan fingerprint density at radius 3 is 0.920 bits per heavy atom. The Kier molecular flexibility index (Phi) is 18.2. The molecule has 5 aliphatic rings. The maximum absolute atomic E-state index is 2.75. The Hall–Kier alpha value is -14.3. The van der Waals surface area contributed by atoms with Gasteiger partial charge >= 0.3 is 0 Å². The van der Waals surface area contributed by atoms with Crippen LogP contribution in [0.4, 0.5) is 85.3 Å². The van der Waals surface area contributed by atoms with Crippen molar-refractivity contribution in [3.63, 3.8) is 0 Å². The summed E-state index contributed by atoms with van der Waals surface area (Å²) in [5.41, 5.74) is 37.1. The van der Waals surface area contributed by atoms with Crippen LogP contribution in [0.3, 0.4) is 0 Å². The highest BCUT2D eigenvalue weighted by atomic mass is 32.2. The molecule has 0 atom stereocenters. The fourth-order valence-electron chi connectivity index (χ4n) is 20.3. The summed E-state index contributed by atoms with van der Waals surface area (Å²) in [4.78, 5) is 17.9. The van der Waals surface area contributed by atoms with E-state index in [0.717, 1.165) is 141 Å². The Morgan fingerprint density at radius 1 is 0.224 bits per heavy atom. The lowest BCUT2D eigenvalue weighted by molar-refractivity contribution is 0.590. The van der Waals surface area contributed by atoms with Crippen LogP contribution in [0, 0.1) is 0 Å². The summed E-state index contributed by atoms with van der Waals surface area (Å²) in [5, 5.41) is 0. The minimum atomic E-state index is -0.825. The van der Waals surface area contributed by atoms with Gasteiger partial charge in [0.05, 0.1) is 50.9 Å². The molecule has 0 spiro atoms. The van der Waals surface area contributed by atoms with Gasteiger partial charge in [-0.05, 0) is 234 Å². The zero-order valence-electron chi connectivity index (χ0n) is 70.5. The van der Waals surface area contributed by atoms with Gasteiger partial charge in [-0.2, -0.15) is 0 Å². The van der Waals surface area contributed by atoms with Gasteiger partial charge in [0.1, 0.15) is 0 Å². The minimum absolute atomic E-state index is 0.261. The van der Waals surface area contributed by atoms with Crippen LogP contribution < -0.4 is 40.9 Å². The normalized spacial score (nSPS) is 13.7. The molecule has 0 unspecified atom stereocenters. The van der Waals surface area contributed by atoms with Crippen molar-refractivity contribution in [2.24, 2.45) is 0 Å². The van der Waals surface area contributed by atoms with Gasteiger partial charge < -0.3 is 24.5 Å². The smallest absolute Gasteiger partial charge is 0.252 e. The van der Waals surface area contributed by atoms with Crippen molar-refractivity contribution in [3.8, 4) is 55.6 Å². The maximum Gasteiger partial charge on any atom is 0.252 e. The summed E-state index contributed by atoms with van der Waals surface area (Å²) < 4.78 is 0. The number of hydrogen-bond acceptors (Lipinski definition) is 7. The topological polar surface area (TPSA) is 16.2 Å². The molecule has 5 aliphatic heterocycles. The monoisotopic (exact) mass is 1640 g/mol. The lowest BCUT2D eigenvalue weighted by Gasteiger charge is -2.47. The molecule has 596 valence electrons. The number of anilines is 15. The predicted molar refractivity (Wildman–Crippen MR) is 529 cm³/mol. The highest BCUT2D eigenvalue weighted by Crippen LogP contribution is 2.62. The summed E-state index contributed by atoms with van der Waals surface area (Å²) in [6.45, 7) is 13.9. The third-order valence-electron chi connectivity index (χ3n) is 26.1. The van der Waals surface area contributed by atoms with Gasteiger partial charge in [0.2, 0.25) is 0 Å². The fraction of sp³-hybridized carbons (Fsp3) is 0.0769. The average Bonchev–Trinajstić information content (AvgIpc) is 0.698. The van der Waals surface area contributed by atoms with E-state index in [2.05, 4.69) is 491 Å². The zero-order valence-corrected chi connectivity index (χ0v) is 72.2. The Morgan fingerprint density at radius 2 is 0.544 bits per heavy atom. The van der Waals surface area contributed by atoms with E-state index in [1.807, 2.05) is 23.5 Å². The molecule has 5 nitrogen and oxygen atoms in total. The standard InChI is InChI=1S/C117H88BN5S2/c1-115(2,3)85-71-90(77-38-14-7-15-39-77)113(91(72-85)78-40-16-8-17-41-78)122-104-75-88(120-100-54-30-34-58-108(100)124-109-59-35-31-55-101(109)120)63-65-96(104)118-97-66-64-89(121-102-56-32-36-60-110(102)125-111-61-37-33-57-103(111)121)76-105(97)123(114-92(79-42-18-9-19-43-79)73-86(116(4,5)6)74-93(114)80-44-20-10-21-45-80)107-70-82(69-106(122)112(107)118)81-62-67-99-95(68-81)117(83-46-22-11-23-47-83,84-48-24-12-25-49-84)94-52-28-29-53-98(94)119(99)87-50-26-13-27-51-87/h7-76H,1-6H3. The van der Waals surface area contributed by atoms with Gasteiger partial charge in [0, 0.05) is 81.6 Å². The first-order valence-corrected chi connectivity index (χ1v) is 45.1. The lowest BCUT2D eigenvalue weighted by Crippen LogP contribution is -2.61. The first kappa shape index (κ1) is 75.7. The first-order chi connectivity index (χ1) is 61.3. The van der Waals surface area contributed by atoms with Crippen LogP contribution >= 0.6 is 23.5 Å². The number of fused-ring (bicyclic) bond motifs is 10. The van der Waals surface area contributed by atoms with E-state index in [4.69, 9.17) is 0 Å². The van der Waals surface area contributed by atoms with Crippen molar-refractivity contribution in [2.75, 3.05) is 24.5 Å². The second-order valence-corrected chi connectivity index (χ2v) is 37.6. The van der Waals surface area contributed by atoms with E-state index in [1.165, 1.54) is 69.4 Å². The van der Waals surface area contributed by atoms with Crippen LogP contribution in [0.1, 0.15) is 74.9 Å². The van der Waals surface area contributed by atoms with Crippen LogP contribution in [0.5, 0.6) is 0 Å². The summed E-state index contributed by atoms with van der Waals surface area (Å²) >= 11 is 3.69. The zero-order chi connectivity index (χ0) is 83.8. The SMILES string of the molecule is CC(C)(C)c1cc(-c2ccccc2)c(N2c3cc(N4c5ccccc5Sc5ccccc54)ccc3B3c4ccc(N5c6ccccc6Sc6ccccc65)cc4N(c4c(-c5ccccc5)cc(C(C)(C)C)cc4-c4ccccc4)c4cc(-c5ccc6c(c5)C(c5ccccc5)(c5ccccc5)c5ccccc5N6c5ccccc5)cc2c43)c(-c2ccccc2)c1. The van der Waals surface area contributed by atoms with Crippen LogP contribution in [-0.4, -0.2) is 6.71 Å². The van der Waals surface area contributed by atoms with Crippen LogP contribution in [0.2, 0.25) is 0 Å². The van der Waals surface area contributed by atoms with Crippen molar-refractivity contribution in [2.45, 2.75) is 77.4 Å². The molecule has 0 radical (unpaired) electrons. The quantitative estimate of drug-likeness (QED) is 0.112. The van der Waals surface area contributed by atoms with E-state index < -0.39 is 5.41 Å². The van der Waals surface area contributed by atoms with Crippen molar-refractivity contribution in [1.82, 2.24) is 0 Å². The van der Waals surface area contributed by atoms with Crippen LogP contribution in [0.15, 0.2) is 444 Å². The molecule has 125 heavy (non-hydrogen) atoms. The van der Waals surface area contributed by atoms with E-state index in [-0.39, 0.29) is 17.5 Å². The largest absolute Gasteiger partial charge is 0.310 e. The van der Waals surface area contributed by atoms with E-state index in [0.29, 0.717) is 0 Å². The molecule has 0 aliphatic carbocycles. The maximum atomic E-state index is 2.75. The summed E-state index contributed by atoms with van der Waals surface area (Å²) in [6, 6.07) is 162. The molecule has 0 saturated heterocycles. The van der Waals surface area contributed by atoms with Crippen LogP contribution in [-0.2, 0) is 16.2 Å². The second kappa shape index (κ2) is 30.1. The first-order valence-electron chi connectivity index (χ1n) is 43.5. The van der Waals surface area contributed by atoms with Crippen molar-refractivity contribution in [3.05, 3.63) is 458 Å². The molecular formula is C117H88BN5S2. The lowest BCUT2D eigenvalue weighted by atomic mass is 9.33. The molecule has 0 saturated carbocycles. The third-order valence-corrected chi connectivity index (χ3v) is 28.4. The van der Waals surface area contributed by atoms with Gasteiger partial charge in [0.25, 0.3) is 6.71 Å². The second-order valence-electron chi connectivity index (χ2n) is 35.5. The minimum Gasteiger partial charge on any atom is -0.310 e. The fourth-order valence-corrected chi connectivity index (χ4v) is 22.4. The van der Waals surface area contributed by atoms with Gasteiger partial charge in [-0.1, -0.05) is 350 Å². The van der Waals surface area contributed by atoms with Crippen molar-refractivity contribution >= 4 is 132 Å². The molecule has 0 amide bonds. The average molecular weight is 1640 g/mol. The Balaban J connectivity index is 0.919. The Bertz CT molecular complexity index is 6700. The molecule has 8 heteroatoms. The molecule has 23 rings (SSSR count). The summed E-state index contributed by atoms with van der Waals surface area (Å²) in [7, 11) is 0. The molecule has 5 heterocycles. The molecule has 0 bridgehead atoms. The van der Waals surface area contributed by atoms with E-state index >= 15 is 0 Å². The summed E-state index contributed by atoms with van der Waals surface area (Å²) in [5.74, 6) is 0. The molecule has 0 aromatic heterocycles. The van der Waals surface area contributed by atoms with Gasteiger partial charge in [0.15, 0.2) is 0 Å². The van der Waals surface area contributed by atoms with Gasteiger partial charge in [-0.15, -0.1) is 0 Å². The Labute approximate surface area is 742 Å². The number of rotatable bonds is 12. The number of hydrogen-bond donors (Lipinski definition) is 0. The molecule has 18 aromatic carbocycles. The number of nitrogens with zero attached hydrogens (tertiary/aromatic N) is 5. The molecule has 0 N–H and O–H groups in total. The van der Waals surface area contributed by atoms with E-state index in [1.54, 1.807) is 0 Å². The highest BCUT2D eigenvalue weighted by molar-refractivity contribution is 8.00. The molecule has 0 fully saturated rings. The van der Waals surface area contributed by atoms with Crippen molar-refractivity contribution in [1.29, 1.82) is 0 Å². The third kappa shape index (κ3) is 12.5. The number of benzene rings is 18. The van der Waals surface area contributed by atoms with Crippen LogP contribution in [0.25, 0.3) is 55.6 Å².